The summed E-state index contributed by atoms with van der Waals surface area (Å²) in [5.41, 5.74) is 0.910. The maximum absolute atomic E-state index is 13.7. The van der Waals surface area contributed by atoms with E-state index < -0.39 is 11.8 Å². The summed E-state index contributed by atoms with van der Waals surface area (Å²) in [6.45, 7) is 3.97. The molecule has 0 radical (unpaired) electrons. The Bertz CT molecular complexity index is 536. The third kappa shape index (κ3) is 5.38. The van der Waals surface area contributed by atoms with Gasteiger partial charge in [-0.05, 0) is 36.6 Å². The Labute approximate surface area is 123 Å². The number of carbonyl (C=O) groups is 2. The molecule has 0 atom stereocenters. The molecule has 1 aromatic carbocycles. The Morgan fingerprint density at radius 3 is 2.57 bits per heavy atom. The van der Waals surface area contributed by atoms with E-state index in [1.165, 1.54) is 24.3 Å². The summed E-state index contributed by atoms with van der Waals surface area (Å²) in [6.07, 6.45) is 3.85. The third-order valence-electron chi connectivity index (χ3n) is 3.30. The number of amides is 1. The number of carboxylic acid groups (broad SMARTS) is 1. The summed E-state index contributed by atoms with van der Waals surface area (Å²) in [5.74, 6) is -1.65. The Hall–Kier alpha value is -2.17. The summed E-state index contributed by atoms with van der Waals surface area (Å²) in [6, 6.07) is 4.28. The number of carboxylic acids is 1. The molecule has 2 N–H and O–H groups in total. The van der Waals surface area contributed by atoms with E-state index in [2.05, 4.69) is 5.32 Å². The van der Waals surface area contributed by atoms with Crippen molar-refractivity contribution in [2.75, 3.05) is 0 Å². The smallest absolute Gasteiger partial charge is 0.328 e. The minimum Gasteiger partial charge on any atom is -0.478 e. The molecule has 0 aliphatic rings. The average Bonchev–Trinajstić information content (AvgIpc) is 2.46. The lowest BCUT2D eigenvalue weighted by Gasteiger charge is -2.13. The van der Waals surface area contributed by atoms with Crippen LogP contribution in [-0.2, 0) is 16.1 Å². The van der Waals surface area contributed by atoms with Crippen molar-refractivity contribution >= 4 is 18.0 Å². The van der Waals surface area contributed by atoms with Crippen LogP contribution >= 0.6 is 0 Å². The molecule has 0 unspecified atom stereocenters. The van der Waals surface area contributed by atoms with Gasteiger partial charge in [0.25, 0.3) is 0 Å². The average molecular weight is 293 g/mol. The number of hydrogen-bond acceptors (Lipinski definition) is 2. The largest absolute Gasteiger partial charge is 0.478 e. The molecule has 0 saturated carbocycles. The van der Waals surface area contributed by atoms with Crippen LogP contribution in [0.15, 0.2) is 24.3 Å². The van der Waals surface area contributed by atoms with E-state index in [9.17, 15) is 14.0 Å². The number of hydrogen-bond donors (Lipinski definition) is 2. The molecule has 0 aromatic heterocycles. The zero-order valence-corrected chi connectivity index (χ0v) is 12.2. The van der Waals surface area contributed by atoms with Crippen LogP contribution in [0.4, 0.5) is 4.39 Å². The summed E-state index contributed by atoms with van der Waals surface area (Å²) in [4.78, 5) is 22.3. The fourth-order valence-electron chi connectivity index (χ4n) is 1.99. The van der Waals surface area contributed by atoms with Crippen molar-refractivity contribution in [1.29, 1.82) is 0 Å². The van der Waals surface area contributed by atoms with Gasteiger partial charge in [0.05, 0.1) is 0 Å². The van der Waals surface area contributed by atoms with Gasteiger partial charge in [-0.3, -0.25) is 4.79 Å². The van der Waals surface area contributed by atoms with Crippen LogP contribution in [0.25, 0.3) is 6.08 Å². The van der Waals surface area contributed by atoms with Crippen molar-refractivity contribution in [3.05, 3.63) is 41.2 Å². The lowest BCUT2D eigenvalue weighted by atomic mass is 10.0. The van der Waals surface area contributed by atoms with Crippen molar-refractivity contribution in [3.8, 4) is 0 Å². The lowest BCUT2D eigenvalue weighted by molar-refractivity contribution is -0.131. The van der Waals surface area contributed by atoms with Crippen molar-refractivity contribution in [2.45, 2.75) is 33.2 Å². The zero-order chi connectivity index (χ0) is 15.8. The second-order valence-corrected chi connectivity index (χ2v) is 4.75. The standard InChI is InChI=1S/C16H20FNO3/c1-3-12(4-2)16(21)18-10-13-9-11(5-7-14(13)17)6-8-15(19)20/h5-9,12H,3-4,10H2,1-2H3,(H,18,21)(H,19,20). The number of nitrogens with one attached hydrogen (secondary N) is 1. The van der Waals surface area contributed by atoms with E-state index in [0.29, 0.717) is 11.1 Å². The minimum absolute atomic E-state index is 0.0665. The normalized spacial score (nSPS) is 11.0. The van der Waals surface area contributed by atoms with Crippen molar-refractivity contribution in [2.24, 2.45) is 5.92 Å². The van der Waals surface area contributed by atoms with E-state index in [0.717, 1.165) is 18.9 Å². The van der Waals surface area contributed by atoms with Gasteiger partial charge in [-0.25, -0.2) is 9.18 Å². The van der Waals surface area contributed by atoms with Crippen LogP contribution in [-0.4, -0.2) is 17.0 Å². The molecular formula is C16H20FNO3. The summed E-state index contributed by atoms with van der Waals surface area (Å²) < 4.78 is 13.7. The lowest BCUT2D eigenvalue weighted by Crippen LogP contribution is -2.29. The third-order valence-corrected chi connectivity index (χ3v) is 3.30. The summed E-state index contributed by atoms with van der Waals surface area (Å²) in [7, 11) is 0. The number of rotatable bonds is 7. The zero-order valence-electron chi connectivity index (χ0n) is 12.2. The number of carbonyl (C=O) groups excluding carboxylic acids is 1. The van der Waals surface area contributed by atoms with Crippen LogP contribution in [0.2, 0.25) is 0 Å². The summed E-state index contributed by atoms with van der Waals surface area (Å²) >= 11 is 0. The first-order valence-corrected chi connectivity index (χ1v) is 6.95. The quantitative estimate of drug-likeness (QED) is 0.759. The van der Waals surface area contributed by atoms with Gasteiger partial charge < -0.3 is 10.4 Å². The first kappa shape index (κ1) is 16.9. The van der Waals surface area contributed by atoms with Crippen LogP contribution in [0.5, 0.6) is 0 Å². The number of halogens is 1. The molecular weight excluding hydrogens is 273 g/mol. The molecule has 21 heavy (non-hydrogen) atoms. The number of benzene rings is 1. The highest BCUT2D eigenvalue weighted by atomic mass is 19.1. The SMILES string of the molecule is CCC(CC)C(=O)NCc1cc(C=CC(=O)O)ccc1F. The van der Waals surface area contributed by atoms with Gasteiger partial charge in [0.15, 0.2) is 0 Å². The Morgan fingerprint density at radius 2 is 2.00 bits per heavy atom. The molecule has 1 amide bonds. The van der Waals surface area contributed by atoms with E-state index in [1.807, 2.05) is 13.8 Å². The molecule has 0 aliphatic heterocycles. The van der Waals surface area contributed by atoms with Gasteiger partial charge in [0.2, 0.25) is 5.91 Å². The Kier molecular flexibility index (Phi) is 6.59. The van der Waals surface area contributed by atoms with Crippen LogP contribution in [0.3, 0.4) is 0 Å². The van der Waals surface area contributed by atoms with Crippen molar-refractivity contribution in [3.63, 3.8) is 0 Å². The van der Waals surface area contributed by atoms with Gasteiger partial charge in [-0.15, -0.1) is 0 Å². The second kappa shape index (κ2) is 8.19. The molecule has 0 aliphatic carbocycles. The monoisotopic (exact) mass is 293 g/mol. The highest BCUT2D eigenvalue weighted by Crippen LogP contribution is 2.13. The van der Waals surface area contributed by atoms with Crippen LogP contribution < -0.4 is 5.32 Å². The van der Waals surface area contributed by atoms with E-state index >= 15 is 0 Å². The minimum atomic E-state index is -1.07. The van der Waals surface area contributed by atoms with Crippen LogP contribution in [0.1, 0.15) is 37.8 Å². The van der Waals surface area contributed by atoms with Gasteiger partial charge in [0.1, 0.15) is 5.82 Å². The van der Waals surface area contributed by atoms with E-state index in [-0.39, 0.29) is 18.4 Å². The van der Waals surface area contributed by atoms with Gasteiger partial charge in [0, 0.05) is 24.1 Å². The number of aliphatic carboxylic acids is 1. The summed E-state index contributed by atoms with van der Waals surface area (Å²) in [5, 5.41) is 11.3. The Morgan fingerprint density at radius 1 is 1.33 bits per heavy atom. The van der Waals surface area contributed by atoms with Crippen molar-refractivity contribution in [1.82, 2.24) is 5.32 Å². The van der Waals surface area contributed by atoms with Gasteiger partial charge in [-0.1, -0.05) is 19.9 Å². The molecule has 1 aromatic rings. The Balaban J connectivity index is 2.76. The maximum atomic E-state index is 13.7. The van der Waals surface area contributed by atoms with Gasteiger partial charge in [-0.2, -0.15) is 0 Å². The maximum Gasteiger partial charge on any atom is 0.328 e. The van der Waals surface area contributed by atoms with Crippen molar-refractivity contribution < 1.29 is 19.1 Å². The molecule has 0 fully saturated rings. The molecule has 4 nitrogen and oxygen atoms in total. The topological polar surface area (TPSA) is 66.4 Å². The molecule has 5 heteroatoms. The van der Waals surface area contributed by atoms with E-state index in [1.54, 1.807) is 0 Å². The molecule has 0 saturated heterocycles. The fraction of sp³-hybridized carbons (Fsp3) is 0.375. The highest BCUT2D eigenvalue weighted by molar-refractivity contribution is 5.85. The predicted molar refractivity (Wildman–Crippen MR) is 79.0 cm³/mol. The predicted octanol–water partition coefficient (Wildman–Crippen LogP) is 2.98. The molecule has 0 bridgehead atoms. The molecule has 1 rings (SSSR count). The molecule has 0 heterocycles. The van der Waals surface area contributed by atoms with Crippen LogP contribution in [0, 0.1) is 11.7 Å². The molecule has 0 spiro atoms. The molecule has 114 valence electrons. The highest BCUT2D eigenvalue weighted by Gasteiger charge is 2.14. The first-order chi connectivity index (χ1) is 9.97. The van der Waals surface area contributed by atoms with E-state index in [4.69, 9.17) is 5.11 Å². The fourth-order valence-corrected chi connectivity index (χ4v) is 1.99. The van der Waals surface area contributed by atoms with Gasteiger partial charge >= 0.3 is 5.97 Å². The second-order valence-electron chi connectivity index (χ2n) is 4.75. The first-order valence-electron chi connectivity index (χ1n) is 6.95.